The van der Waals surface area contributed by atoms with E-state index in [0.717, 1.165) is 25.1 Å². The van der Waals surface area contributed by atoms with Crippen LogP contribution in [0.5, 0.6) is 0 Å². The van der Waals surface area contributed by atoms with Gasteiger partial charge in [0.1, 0.15) is 0 Å². The van der Waals surface area contributed by atoms with Gasteiger partial charge in [-0.1, -0.05) is 29.4 Å². The van der Waals surface area contributed by atoms with Crippen LogP contribution in [0.2, 0.25) is 4.34 Å². The van der Waals surface area contributed by atoms with Gasteiger partial charge in [0.2, 0.25) is 5.91 Å². The van der Waals surface area contributed by atoms with Gasteiger partial charge in [-0.05, 0) is 30.5 Å². The smallest absolute Gasteiger partial charge is 0.233 e. The van der Waals surface area contributed by atoms with Crippen molar-refractivity contribution in [2.24, 2.45) is 7.05 Å². The maximum Gasteiger partial charge on any atom is 0.233 e. The van der Waals surface area contributed by atoms with Crippen LogP contribution in [0.1, 0.15) is 11.8 Å². The Morgan fingerprint density at radius 3 is 2.84 bits per heavy atom. The van der Waals surface area contributed by atoms with Gasteiger partial charge < -0.3 is 9.47 Å². The van der Waals surface area contributed by atoms with Crippen molar-refractivity contribution < 1.29 is 4.79 Å². The van der Waals surface area contributed by atoms with Gasteiger partial charge in [-0.2, -0.15) is 0 Å². The van der Waals surface area contributed by atoms with Crippen LogP contribution in [0.25, 0.3) is 10.7 Å². The molecule has 132 valence electrons. The quantitative estimate of drug-likeness (QED) is 0.539. The summed E-state index contributed by atoms with van der Waals surface area (Å²) >= 11 is 10.5. The Morgan fingerprint density at radius 2 is 2.20 bits per heavy atom. The van der Waals surface area contributed by atoms with Gasteiger partial charge in [0.05, 0.1) is 21.5 Å². The molecule has 25 heavy (non-hydrogen) atoms. The summed E-state index contributed by atoms with van der Waals surface area (Å²) in [5.41, 5.74) is 0. The summed E-state index contributed by atoms with van der Waals surface area (Å²) in [5, 5.41) is 11.2. The van der Waals surface area contributed by atoms with Crippen molar-refractivity contribution in [2.45, 2.75) is 18.6 Å². The Hall–Kier alpha value is -1.35. The highest BCUT2D eigenvalue weighted by molar-refractivity contribution is 7.99. The molecule has 0 aromatic carbocycles. The maximum absolute atomic E-state index is 12.5. The van der Waals surface area contributed by atoms with Crippen LogP contribution >= 0.6 is 46.0 Å². The molecule has 0 spiro atoms. The van der Waals surface area contributed by atoms with Crippen molar-refractivity contribution in [2.75, 3.05) is 12.3 Å². The highest BCUT2D eigenvalue weighted by Crippen LogP contribution is 2.27. The molecular weight excluding hydrogens is 396 g/mol. The Bertz CT molecular complexity index is 844. The molecule has 0 aliphatic heterocycles. The Morgan fingerprint density at radius 1 is 1.36 bits per heavy atom. The Labute approximate surface area is 163 Å². The summed E-state index contributed by atoms with van der Waals surface area (Å²) in [7, 11) is 1.92. The molecule has 0 saturated carbocycles. The number of hydrogen-bond acceptors (Lipinski definition) is 6. The van der Waals surface area contributed by atoms with Gasteiger partial charge in [0, 0.05) is 18.5 Å². The fourth-order valence-corrected chi connectivity index (χ4v) is 4.94. The largest absolute Gasteiger partial charge is 0.337 e. The summed E-state index contributed by atoms with van der Waals surface area (Å²) in [4.78, 5) is 16.5. The molecule has 0 unspecified atom stereocenters. The van der Waals surface area contributed by atoms with E-state index in [1.807, 2.05) is 53.1 Å². The molecule has 3 aromatic heterocycles. The third-order valence-corrected chi connectivity index (χ3v) is 6.70. The second-order valence-electron chi connectivity index (χ2n) is 5.24. The summed E-state index contributed by atoms with van der Waals surface area (Å²) in [6.07, 6.45) is 0. The predicted molar refractivity (Wildman–Crippen MR) is 105 cm³/mol. The zero-order valence-corrected chi connectivity index (χ0v) is 17.0. The monoisotopic (exact) mass is 412 g/mol. The maximum atomic E-state index is 12.5. The first-order chi connectivity index (χ1) is 12.1. The van der Waals surface area contributed by atoms with E-state index < -0.39 is 0 Å². The standard InChI is InChI=1S/C16H17ClN4OS3/c1-3-21(9-11-6-7-13(17)25-11)14(22)10-24-16-19-18-15(20(16)2)12-5-4-8-23-12/h4-8H,3,9-10H2,1-2H3. The first-order valence-electron chi connectivity index (χ1n) is 7.66. The average Bonchev–Trinajstić information content (AvgIpc) is 3.32. The van der Waals surface area contributed by atoms with Gasteiger partial charge in [0.25, 0.3) is 0 Å². The average molecular weight is 413 g/mol. The lowest BCUT2D eigenvalue weighted by Crippen LogP contribution is -2.31. The molecule has 0 saturated heterocycles. The van der Waals surface area contributed by atoms with Crippen LogP contribution in [0.15, 0.2) is 34.8 Å². The van der Waals surface area contributed by atoms with Crippen LogP contribution in [0.3, 0.4) is 0 Å². The number of rotatable bonds is 7. The normalized spacial score (nSPS) is 11.0. The topological polar surface area (TPSA) is 51.0 Å². The molecule has 0 aliphatic carbocycles. The lowest BCUT2D eigenvalue weighted by Gasteiger charge is -2.19. The molecule has 3 heterocycles. The molecule has 0 atom stereocenters. The molecule has 5 nitrogen and oxygen atoms in total. The molecule has 9 heteroatoms. The third kappa shape index (κ3) is 4.44. The number of carbonyl (C=O) groups excluding carboxylic acids is 1. The van der Waals surface area contributed by atoms with E-state index in [9.17, 15) is 4.79 Å². The van der Waals surface area contributed by atoms with Gasteiger partial charge in [-0.3, -0.25) is 4.79 Å². The number of carbonyl (C=O) groups is 1. The van der Waals surface area contributed by atoms with E-state index in [1.54, 1.807) is 11.3 Å². The van der Waals surface area contributed by atoms with E-state index in [0.29, 0.717) is 18.8 Å². The van der Waals surface area contributed by atoms with Crippen LogP contribution in [0.4, 0.5) is 0 Å². The fourth-order valence-electron chi connectivity index (χ4n) is 2.28. The second-order valence-corrected chi connectivity index (χ2v) is 8.93. The van der Waals surface area contributed by atoms with Crippen molar-refractivity contribution in [1.82, 2.24) is 19.7 Å². The molecule has 1 amide bonds. The molecule has 0 N–H and O–H groups in total. The summed E-state index contributed by atoms with van der Waals surface area (Å²) in [6.45, 7) is 3.23. The molecule has 0 bridgehead atoms. The van der Waals surface area contributed by atoms with Gasteiger partial charge in [0.15, 0.2) is 11.0 Å². The first-order valence-corrected chi connectivity index (χ1v) is 10.7. The van der Waals surface area contributed by atoms with E-state index in [2.05, 4.69) is 10.2 Å². The van der Waals surface area contributed by atoms with Crippen molar-refractivity contribution in [3.63, 3.8) is 0 Å². The van der Waals surface area contributed by atoms with Crippen LogP contribution in [-0.2, 0) is 18.4 Å². The zero-order chi connectivity index (χ0) is 17.8. The van der Waals surface area contributed by atoms with Crippen LogP contribution < -0.4 is 0 Å². The van der Waals surface area contributed by atoms with Crippen molar-refractivity contribution in [3.8, 4) is 10.7 Å². The Balaban J connectivity index is 1.61. The summed E-state index contributed by atoms with van der Waals surface area (Å²) < 4.78 is 2.67. The van der Waals surface area contributed by atoms with Crippen molar-refractivity contribution >= 4 is 51.9 Å². The number of thioether (sulfide) groups is 1. The molecule has 3 rings (SSSR count). The number of aromatic nitrogens is 3. The summed E-state index contributed by atoms with van der Waals surface area (Å²) in [5.74, 6) is 1.24. The highest BCUT2D eigenvalue weighted by atomic mass is 35.5. The fraction of sp³-hybridized carbons (Fsp3) is 0.312. The second kappa shape index (κ2) is 8.35. The van der Waals surface area contributed by atoms with Crippen molar-refractivity contribution in [3.05, 3.63) is 38.9 Å². The molecular formula is C16H17ClN4OS3. The summed E-state index contributed by atoms with van der Waals surface area (Å²) in [6, 6.07) is 7.83. The predicted octanol–water partition coefficient (Wildman–Crippen LogP) is 4.40. The van der Waals surface area contributed by atoms with Crippen LogP contribution in [0, 0.1) is 0 Å². The lowest BCUT2D eigenvalue weighted by molar-refractivity contribution is -0.128. The lowest BCUT2D eigenvalue weighted by atomic mass is 10.4. The minimum Gasteiger partial charge on any atom is -0.337 e. The molecule has 3 aromatic rings. The van der Waals surface area contributed by atoms with E-state index >= 15 is 0 Å². The number of hydrogen-bond donors (Lipinski definition) is 0. The third-order valence-electron chi connectivity index (χ3n) is 3.61. The Kier molecular flexibility index (Phi) is 6.16. The van der Waals surface area contributed by atoms with Crippen LogP contribution in [-0.4, -0.2) is 37.9 Å². The highest BCUT2D eigenvalue weighted by Gasteiger charge is 2.17. The first kappa shape index (κ1) is 18.4. The van der Waals surface area contributed by atoms with Crippen molar-refractivity contribution in [1.29, 1.82) is 0 Å². The number of halogens is 1. The molecule has 0 fully saturated rings. The van der Waals surface area contributed by atoms with Gasteiger partial charge in [-0.15, -0.1) is 32.9 Å². The van der Waals surface area contributed by atoms with Gasteiger partial charge >= 0.3 is 0 Å². The SMILES string of the molecule is CCN(Cc1ccc(Cl)s1)C(=O)CSc1nnc(-c2cccs2)n1C. The van der Waals surface area contributed by atoms with E-state index in [-0.39, 0.29) is 5.91 Å². The number of thiophene rings is 2. The van der Waals surface area contributed by atoms with E-state index in [1.165, 1.54) is 23.1 Å². The minimum absolute atomic E-state index is 0.0812. The molecule has 0 aliphatic rings. The number of amides is 1. The molecule has 0 radical (unpaired) electrons. The number of nitrogens with zero attached hydrogens (tertiary/aromatic N) is 4. The zero-order valence-electron chi connectivity index (χ0n) is 13.8. The van der Waals surface area contributed by atoms with Gasteiger partial charge in [-0.25, -0.2) is 0 Å². The minimum atomic E-state index is 0.0812. The van der Waals surface area contributed by atoms with E-state index in [4.69, 9.17) is 11.6 Å².